The Morgan fingerprint density at radius 2 is 1.84 bits per heavy atom. The summed E-state index contributed by atoms with van der Waals surface area (Å²) in [6.07, 6.45) is 0.417. The van der Waals surface area contributed by atoms with Crippen molar-refractivity contribution >= 4 is 51.8 Å². The molecule has 1 aliphatic carbocycles. The number of aliphatic hydroxyl groups excluding tert-OH is 2. The summed E-state index contributed by atoms with van der Waals surface area (Å²) in [5, 5.41) is 23.9. The average Bonchev–Trinajstić information content (AvgIpc) is 2.89. The molecule has 0 aromatic heterocycles. The summed E-state index contributed by atoms with van der Waals surface area (Å²) in [6.45, 7) is 1.52. The van der Waals surface area contributed by atoms with E-state index in [2.05, 4.69) is 27.9 Å². The first-order valence-corrected chi connectivity index (χ1v) is 13.9. The monoisotopic (exact) mass is 654 g/mol. The van der Waals surface area contributed by atoms with Crippen LogP contribution in [0.3, 0.4) is 0 Å². The lowest BCUT2D eigenvalue weighted by Gasteiger charge is -2.40. The van der Waals surface area contributed by atoms with Crippen LogP contribution < -0.4 is 10.1 Å². The lowest BCUT2D eigenvalue weighted by molar-refractivity contribution is -0.139. The van der Waals surface area contributed by atoms with Crippen LogP contribution >= 0.6 is 34.2 Å². The number of ketones is 1. The molecule has 2 aromatic carbocycles. The summed E-state index contributed by atoms with van der Waals surface area (Å²) in [5.74, 6) is -0.101. The quantitative estimate of drug-likeness (QED) is 0.301. The van der Waals surface area contributed by atoms with Crippen LogP contribution in [0.25, 0.3) is 0 Å². The molecule has 0 spiro atoms. The van der Waals surface area contributed by atoms with Crippen molar-refractivity contribution in [2.75, 3.05) is 13.2 Å². The van der Waals surface area contributed by atoms with Crippen LogP contribution in [0.1, 0.15) is 38.2 Å². The van der Waals surface area contributed by atoms with Crippen molar-refractivity contribution in [2.24, 2.45) is 0 Å². The minimum absolute atomic E-state index is 0.00328. The van der Waals surface area contributed by atoms with Crippen molar-refractivity contribution in [3.05, 3.63) is 74.3 Å². The summed E-state index contributed by atoms with van der Waals surface area (Å²) < 4.78 is 6.99. The summed E-state index contributed by atoms with van der Waals surface area (Å²) >= 11 is 8.18. The zero-order chi connectivity index (χ0) is 27.7. The van der Waals surface area contributed by atoms with E-state index in [9.17, 15) is 19.5 Å². The Labute approximate surface area is 241 Å². The highest BCUT2D eigenvalue weighted by Gasteiger charge is 2.40. The van der Waals surface area contributed by atoms with E-state index in [-0.39, 0.29) is 50.6 Å². The maximum atomic E-state index is 13.5. The van der Waals surface area contributed by atoms with Crippen molar-refractivity contribution in [1.82, 2.24) is 10.2 Å². The van der Waals surface area contributed by atoms with Crippen LogP contribution in [-0.4, -0.2) is 64.1 Å². The number of aliphatic hydroxyl groups is 2. The van der Waals surface area contributed by atoms with E-state index in [0.717, 1.165) is 9.13 Å². The van der Waals surface area contributed by atoms with Crippen LogP contribution in [0.4, 0.5) is 0 Å². The van der Waals surface area contributed by atoms with Crippen LogP contribution in [0.5, 0.6) is 5.75 Å². The molecule has 2 aromatic rings. The molecule has 1 aliphatic rings. The first-order valence-electron chi connectivity index (χ1n) is 12.4. The Morgan fingerprint density at radius 1 is 1.13 bits per heavy atom. The lowest BCUT2D eigenvalue weighted by atomic mass is 9.87. The summed E-state index contributed by atoms with van der Waals surface area (Å²) in [5.41, 5.74) is 1.15. The molecule has 204 valence electrons. The van der Waals surface area contributed by atoms with Gasteiger partial charge < -0.3 is 30.0 Å². The molecule has 8 nitrogen and oxygen atoms in total. The molecule has 0 saturated carbocycles. The van der Waals surface area contributed by atoms with Gasteiger partial charge >= 0.3 is 0 Å². The smallest absolute Gasteiger partial charge is 0.247 e. The Balaban J connectivity index is 1.95. The highest BCUT2D eigenvalue weighted by Crippen LogP contribution is 2.31. The normalized spacial score (nSPS) is 18.9. The molecular formula is C28H32ClIN2O6. The fraction of sp³-hybridized carbons (Fsp3) is 0.393. The van der Waals surface area contributed by atoms with Crippen molar-refractivity contribution in [3.63, 3.8) is 0 Å². The zero-order valence-electron chi connectivity index (χ0n) is 21.1. The fourth-order valence-electron chi connectivity index (χ4n) is 4.28. The molecule has 0 saturated heterocycles. The van der Waals surface area contributed by atoms with Gasteiger partial charge in [0.1, 0.15) is 23.7 Å². The number of hydrogen-bond donors (Lipinski definition) is 3. The number of amides is 2. The second-order valence-corrected chi connectivity index (χ2v) is 10.7. The van der Waals surface area contributed by atoms with Gasteiger partial charge in [0.05, 0.1) is 16.2 Å². The van der Waals surface area contributed by atoms with Gasteiger partial charge in [-0.3, -0.25) is 9.59 Å². The van der Waals surface area contributed by atoms with Crippen molar-refractivity contribution < 1.29 is 29.3 Å². The Kier molecular flexibility index (Phi) is 11.6. The van der Waals surface area contributed by atoms with Crippen molar-refractivity contribution in [3.8, 4) is 5.75 Å². The number of rotatable bonds is 12. The topological polar surface area (TPSA) is 116 Å². The number of para-hydroxylation sites is 1. The van der Waals surface area contributed by atoms with Crippen molar-refractivity contribution in [2.45, 2.75) is 57.4 Å². The molecular weight excluding hydrogens is 623 g/mol. The van der Waals surface area contributed by atoms with Gasteiger partial charge in [-0.15, -0.1) is 0 Å². The fourth-order valence-corrected chi connectivity index (χ4v) is 4.92. The Morgan fingerprint density at radius 3 is 2.50 bits per heavy atom. The van der Waals surface area contributed by atoms with Gasteiger partial charge in [-0.05, 0) is 71.8 Å². The van der Waals surface area contributed by atoms with Gasteiger partial charge in [-0.1, -0.05) is 35.9 Å². The standard InChI is InChI=1S/C28H32ClIN2O6/c1-18(34)5-4-8-26(35)32(17-19-9-11-21(29)12-10-19)23-15-20(28(37)31-13-14-33)16-25(27(23)36)38-24-7-3-2-6-22(24)30/h2-3,6-7,9-12,16,23,25,27,33,36H,4-5,8,13-15,17H2,1H3,(H,31,37). The molecule has 0 heterocycles. The minimum atomic E-state index is -1.13. The maximum absolute atomic E-state index is 13.5. The number of nitrogens with one attached hydrogen (secondary N) is 1. The molecule has 3 rings (SSSR count). The molecule has 0 fully saturated rings. The number of halogens is 2. The molecule has 3 atom stereocenters. The molecule has 10 heteroatoms. The molecule has 3 unspecified atom stereocenters. The van der Waals surface area contributed by atoms with Gasteiger partial charge in [0.2, 0.25) is 11.8 Å². The van der Waals surface area contributed by atoms with E-state index in [1.807, 2.05) is 18.2 Å². The molecule has 3 N–H and O–H groups in total. The summed E-state index contributed by atoms with van der Waals surface area (Å²) in [7, 11) is 0. The number of nitrogens with zero attached hydrogens (tertiary/aromatic N) is 1. The molecule has 0 aliphatic heterocycles. The molecule has 2 amide bonds. The largest absolute Gasteiger partial charge is 0.482 e. The maximum Gasteiger partial charge on any atom is 0.247 e. The van der Waals surface area contributed by atoms with E-state index in [0.29, 0.717) is 22.8 Å². The lowest BCUT2D eigenvalue weighted by Crippen LogP contribution is -2.54. The predicted molar refractivity (Wildman–Crippen MR) is 153 cm³/mol. The Bertz CT molecular complexity index is 1160. The second kappa shape index (κ2) is 14.6. The summed E-state index contributed by atoms with van der Waals surface area (Å²) in [4.78, 5) is 39.4. The van der Waals surface area contributed by atoms with Crippen LogP contribution in [0, 0.1) is 3.57 Å². The van der Waals surface area contributed by atoms with Crippen LogP contribution in [-0.2, 0) is 20.9 Å². The van der Waals surface area contributed by atoms with Gasteiger partial charge in [0.15, 0.2) is 0 Å². The van der Waals surface area contributed by atoms with Crippen LogP contribution in [0.2, 0.25) is 5.02 Å². The van der Waals surface area contributed by atoms with Gasteiger partial charge in [0.25, 0.3) is 0 Å². The number of carbonyl (C=O) groups excluding carboxylic acids is 3. The third kappa shape index (κ3) is 8.52. The highest BCUT2D eigenvalue weighted by molar-refractivity contribution is 14.1. The molecule has 0 bridgehead atoms. The highest BCUT2D eigenvalue weighted by atomic mass is 127. The predicted octanol–water partition coefficient (Wildman–Crippen LogP) is 3.65. The number of hydrogen-bond acceptors (Lipinski definition) is 6. The van der Waals surface area contributed by atoms with E-state index in [4.69, 9.17) is 21.4 Å². The minimum Gasteiger partial charge on any atom is -0.482 e. The number of ether oxygens (including phenoxy) is 1. The van der Waals surface area contributed by atoms with E-state index in [1.165, 1.54) is 6.92 Å². The zero-order valence-corrected chi connectivity index (χ0v) is 24.0. The van der Waals surface area contributed by atoms with Crippen LogP contribution in [0.15, 0.2) is 60.2 Å². The van der Waals surface area contributed by atoms with Gasteiger partial charge in [-0.25, -0.2) is 0 Å². The van der Waals surface area contributed by atoms with Gasteiger partial charge in [0, 0.05) is 42.9 Å². The SMILES string of the molecule is CC(=O)CCCC(=O)N(Cc1ccc(Cl)cc1)C1CC(C(=O)NCCO)=CC(Oc2ccccc2I)C1O. The second-order valence-electron chi connectivity index (χ2n) is 9.15. The summed E-state index contributed by atoms with van der Waals surface area (Å²) in [6, 6.07) is 13.6. The van der Waals surface area contributed by atoms with E-state index < -0.39 is 24.2 Å². The third-order valence-electron chi connectivity index (χ3n) is 6.22. The third-order valence-corrected chi connectivity index (χ3v) is 7.36. The molecule has 0 radical (unpaired) electrons. The number of carbonyl (C=O) groups is 3. The van der Waals surface area contributed by atoms with Crippen molar-refractivity contribution in [1.29, 1.82) is 0 Å². The number of benzene rings is 2. The number of Topliss-reactive ketones (excluding diaryl/α,β-unsaturated/α-hetero) is 1. The van der Waals surface area contributed by atoms with E-state index >= 15 is 0 Å². The van der Waals surface area contributed by atoms with Gasteiger partial charge in [-0.2, -0.15) is 0 Å². The Hall–Kier alpha value is -2.47. The first-order chi connectivity index (χ1) is 18.2. The first kappa shape index (κ1) is 30.1. The van der Waals surface area contributed by atoms with E-state index in [1.54, 1.807) is 41.3 Å². The average molecular weight is 655 g/mol. The molecule has 38 heavy (non-hydrogen) atoms.